The molecule has 1 amide bonds. The van der Waals surface area contributed by atoms with Crippen molar-refractivity contribution in [1.29, 1.82) is 0 Å². The van der Waals surface area contributed by atoms with Crippen molar-refractivity contribution in [3.63, 3.8) is 0 Å². The highest BCUT2D eigenvalue weighted by molar-refractivity contribution is 5.89. The monoisotopic (exact) mass is 408 g/mol. The number of hydrogen-bond acceptors (Lipinski definition) is 6. The molecule has 4 rings (SSSR count). The lowest BCUT2D eigenvalue weighted by molar-refractivity contribution is -0.132. The molecule has 3 aromatic rings. The minimum Gasteiger partial charge on any atom is -0.493 e. The van der Waals surface area contributed by atoms with Crippen LogP contribution in [0.5, 0.6) is 11.5 Å². The first-order chi connectivity index (χ1) is 14.6. The Balaban J connectivity index is 1.51. The Morgan fingerprint density at radius 3 is 2.40 bits per heavy atom. The van der Waals surface area contributed by atoms with Gasteiger partial charge in [0.05, 0.1) is 25.8 Å². The summed E-state index contributed by atoms with van der Waals surface area (Å²) in [5, 5.41) is 5.18. The Labute approximate surface area is 174 Å². The topological polar surface area (TPSA) is 76.9 Å². The number of amides is 1. The van der Waals surface area contributed by atoms with Crippen molar-refractivity contribution >= 4 is 22.4 Å². The van der Waals surface area contributed by atoms with Gasteiger partial charge < -0.3 is 19.3 Å². The SMILES string of the molecule is COc1ccc2cnn(CC(=O)N3CCN(c4ccccc4)CC3)c(=O)c2c1OC. The second-order valence-corrected chi connectivity index (χ2v) is 7.08. The van der Waals surface area contributed by atoms with Crippen LogP contribution in [0.3, 0.4) is 0 Å². The number of anilines is 1. The first-order valence-corrected chi connectivity index (χ1v) is 9.81. The molecule has 0 spiro atoms. The van der Waals surface area contributed by atoms with E-state index in [2.05, 4.69) is 22.1 Å². The molecule has 156 valence electrons. The van der Waals surface area contributed by atoms with Gasteiger partial charge in [-0.3, -0.25) is 9.59 Å². The van der Waals surface area contributed by atoms with Gasteiger partial charge in [0.15, 0.2) is 11.5 Å². The standard InChI is InChI=1S/C22H24N4O4/c1-29-18-9-8-16-14-23-26(22(28)20(16)21(18)30-2)15-19(27)25-12-10-24(11-13-25)17-6-4-3-5-7-17/h3-9,14H,10-13,15H2,1-2H3. The Morgan fingerprint density at radius 2 is 1.73 bits per heavy atom. The Morgan fingerprint density at radius 1 is 1.00 bits per heavy atom. The lowest BCUT2D eigenvalue weighted by Gasteiger charge is -2.36. The van der Waals surface area contributed by atoms with Crippen molar-refractivity contribution in [3.05, 3.63) is 59.0 Å². The fraction of sp³-hybridized carbons (Fsp3) is 0.318. The number of nitrogens with zero attached hydrogens (tertiary/aromatic N) is 4. The zero-order valence-corrected chi connectivity index (χ0v) is 17.1. The summed E-state index contributed by atoms with van der Waals surface area (Å²) >= 11 is 0. The van der Waals surface area contributed by atoms with E-state index in [1.165, 1.54) is 18.9 Å². The van der Waals surface area contributed by atoms with Crippen LogP contribution < -0.4 is 19.9 Å². The largest absolute Gasteiger partial charge is 0.493 e. The lowest BCUT2D eigenvalue weighted by Crippen LogP contribution is -2.50. The molecule has 1 aliphatic heterocycles. The van der Waals surface area contributed by atoms with Crippen LogP contribution >= 0.6 is 0 Å². The molecule has 0 aliphatic carbocycles. The van der Waals surface area contributed by atoms with Crippen molar-refractivity contribution < 1.29 is 14.3 Å². The number of benzene rings is 2. The van der Waals surface area contributed by atoms with E-state index in [-0.39, 0.29) is 18.0 Å². The summed E-state index contributed by atoms with van der Waals surface area (Å²) in [4.78, 5) is 29.9. The van der Waals surface area contributed by atoms with Crippen LogP contribution in [-0.4, -0.2) is 61.0 Å². The summed E-state index contributed by atoms with van der Waals surface area (Å²) in [6.45, 7) is 2.60. The third-order valence-corrected chi connectivity index (χ3v) is 5.40. The average molecular weight is 408 g/mol. The average Bonchev–Trinajstić information content (AvgIpc) is 2.80. The molecule has 8 nitrogen and oxygen atoms in total. The Hall–Kier alpha value is -3.55. The van der Waals surface area contributed by atoms with Crippen molar-refractivity contribution in [2.75, 3.05) is 45.3 Å². The third kappa shape index (κ3) is 3.68. The van der Waals surface area contributed by atoms with Gasteiger partial charge in [0.1, 0.15) is 6.54 Å². The number of methoxy groups -OCH3 is 2. The van der Waals surface area contributed by atoms with Gasteiger partial charge in [-0.25, -0.2) is 4.68 Å². The van der Waals surface area contributed by atoms with Gasteiger partial charge in [0.2, 0.25) is 5.91 Å². The van der Waals surface area contributed by atoms with E-state index in [9.17, 15) is 9.59 Å². The van der Waals surface area contributed by atoms with Crippen molar-refractivity contribution in [2.45, 2.75) is 6.54 Å². The quantitative estimate of drug-likeness (QED) is 0.640. The predicted molar refractivity (Wildman–Crippen MR) is 114 cm³/mol. The fourth-order valence-corrected chi connectivity index (χ4v) is 3.78. The van der Waals surface area contributed by atoms with Gasteiger partial charge >= 0.3 is 0 Å². The number of rotatable bonds is 5. The van der Waals surface area contributed by atoms with Crippen LogP contribution in [0.4, 0.5) is 5.69 Å². The van der Waals surface area contributed by atoms with E-state index < -0.39 is 0 Å². The number of aromatic nitrogens is 2. The molecular formula is C22H24N4O4. The Bertz CT molecular complexity index is 1110. The molecule has 0 saturated carbocycles. The molecule has 1 fully saturated rings. The number of carbonyl (C=O) groups excluding carboxylic acids is 1. The summed E-state index contributed by atoms with van der Waals surface area (Å²) in [6, 6.07) is 13.6. The maximum atomic E-state index is 13.0. The first kappa shape index (κ1) is 19.8. The summed E-state index contributed by atoms with van der Waals surface area (Å²) in [5.74, 6) is 0.682. The minimum atomic E-state index is -0.375. The van der Waals surface area contributed by atoms with Crippen LogP contribution in [0.15, 0.2) is 53.5 Å². The van der Waals surface area contributed by atoms with Crippen molar-refractivity contribution in [1.82, 2.24) is 14.7 Å². The normalized spacial score (nSPS) is 14.1. The highest BCUT2D eigenvalue weighted by Crippen LogP contribution is 2.32. The van der Waals surface area contributed by atoms with E-state index in [0.29, 0.717) is 35.4 Å². The third-order valence-electron chi connectivity index (χ3n) is 5.40. The van der Waals surface area contributed by atoms with E-state index in [4.69, 9.17) is 9.47 Å². The second kappa shape index (κ2) is 8.44. The first-order valence-electron chi connectivity index (χ1n) is 9.81. The smallest absolute Gasteiger partial charge is 0.279 e. The van der Waals surface area contributed by atoms with E-state index in [1.54, 1.807) is 23.2 Å². The Kier molecular flexibility index (Phi) is 5.56. The van der Waals surface area contributed by atoms with Crippen LogP contribution in [0.1, 0.15) is 0 Å². The molecule has 0 atom stereocenters. The highest BCUT2D eigenvalue weighted by Gasteiger charge is 2.23. The molecule has 0 radical (unpaired) electrons. The van der Waals surface area contributed by atoms with Gasteiger partial charge in [-0.15, -0.1) is 0 Å². The number of fused-ring (bicyclic) bond motifs is 1. The van der Waals surface area contributed by atoms with Crippen LogP contribution in [0, 0.1) is 0 Å². The van der Waals surface area contributed by atoms with Crippen LogP contribution in [0.2, 0.25) is 0 Å². The minimum absolute atomic E-state index is 0.111. The second-order valence-electron chi connectivity index (χ2n) is 7.08. The number of para-hydroxylation sites is 1. The number of hydrogen-bond donors (Lipinski definition) is 0. The summed E-state index contributed by atoms with van der Waals surface area (Å²) in [7, 11) is 3.00. The summed E-state index contributed by atoms with van der Waals surface area (Å²) in [6.07, 6.45) is 1.57. The zero-order chi connectivity index (χ0) is 21.1. The van der Waals surface area contributed by atoms with Gasteiger partial charge in [-0.05, 0) is 24.3 Å². The molecule has 1 aliphatic rings. The molecular weight excluding hydrogens is 384 g/mol. The summed E-state index contributed by atoms with van der Waals surface area (Å²) < 4.78 is 11.9. The van der Waals surface area contributed by atoms with Crippen LogP contribution in [0.25, 0.3) is 10.8 Å². The number of ether oxygens (including phenoxy) is 2. The van der Waals surface area contributed by atoms with E-state index in [1.807, 2.05) is 18.2 Å². The van der Waals surface area contributed by atoms with Gasteiger partial charge in [0.25, 0.3) is 5.56 Å². The molecule has 1 aromatic heterocycles. The molecule has 2 heterocycles. The van der Waals surface area contributed by atoms with Crippen molar-refractivity contribution in [3.8, 4) is 11.5 Å². The van der Waals surface area contributed by atoms with Crippen LogP contribution in [-0.2, 0) is 11.3 Å². The van der Waals surface area contributed by atoms with Crippen molar-refractivity contribution in [2.24, 2.45) is 0 Å². The zero-order valence-electron chi connectivity index (χ0n) is 17.1. The molecule has 8 heteroatoms. The molecule has 2 aromatic carbocycles. The van der Waals surface area contributed by atoms with Gasteiger partial charge in [-0.1, -0.05) is 18.2 Å². The maximum absolute atomic E-state index is 13.0. The maximum Gasteiger partial charge on any atom is 0.279 e. The molecule has 0 N–H and O–H groups in total. The highest BCUT2D eigenvalue weighted by atomic mass is 16.5. The van der Waals surface area contributed by atoms with Gasteiger partial charge in [-0.2, -0.15) is 5.10 Å². The number of carbonyl (C=O) groups is 1. The number of piperazine rings is 1. The fourth-order valence-electron chi connectivity index (χ4n) is 3.78. The summed E-state index contributed by atoms with van der Waals surface area (Å²) in [5.41, 5.74) is 0.776. The molecule has 30 heavy (non-hydrogen) atoms. The molecule has 1 saturated heterocycles. The van der Waals surface area contributed by atoms with E-state index >= 15 is 0 Å². The van der Waals surface area contributed by atoms with Gasteiger partial charge in [0, 0.05) is 37.3 Å². The molecule has 0 bridgehead atoms. The lowest BCUT2D eigenvalue weighted by atomic mass is 10.1. The molecule has 0 unspecified atom stereocenters. The predicted octanol–water partition coefficient (Wildman–Crippen LogP) is 1.76. The van der Waals surface area contributed by atoms with E-state index in [0.717, 1.165) is 18.8 Å².